The van der Waals surface area contributed by atoms with Crippen LogP contribution < -0.4 is 11.1 Å². The molecule has 0 aliphatic rings. The van der Waals surface area contributed by atoms with Crippen LogP contribution in [0.1, 0.15) is 32.4 Å². The Morgan fingerprint density at radius 3 is 2.11 bits per heavy atom. The van der Waals surface area contributed by atoms with Gasteiger partial charge in [0, 0.05) is 5.02 Å². The smallest absolute Gasteiger partial charge is 0.237 e. The maximum absolute atomic E-state index is 11.6. The van der Waals surface area contributed by atoms with Gasteiger partial charge in [-0.25, -0.2) is 0 Å². The maximum Gasteiger partial charge on any atom is 0.237 e. The van der Waals surface area contributed by atoms with Crippen LogP contribution in [-0.4, -0.2) is 11.9 Å². The van der Waals surface area contributed by atoms with Gasteiger partial charge in [0.15, 0.2) is 0 Å². The molecule has 0 aromatic heterocycles. The lowest BCUT2D eigenvalue weighted by molar-refractivity contribution is -0.123. The molecule has 5 heteroatoms. The molecule has 2 atom stereocenters. The highest BCUT2D eigenvalue weighted by Crippen LogP contribution is 2.23. The van der Waals surface area contributed by atoms with Gasteiger partial charge in [-0.15, -0.1) is 12.4 Å². The fraction of sp³-hybridized carbons (Fsp3) is 0.462. The Morgan fingerprint density at radius 2 is 1.72 bits per heavy atom. The molecule has 3 N–H and O–H groups in total. The van der Waals surface area contributed by atoms with Crippen LogP contribution in [0, 0.1) is 5.92 Å². The number of nitrogens with two attached hydrogens (primary N) is 1. The minimum atomic E-state index is -0.497. The second-order valence-electron chi connectivity index (χ2n) is 4.57. The van der Waals surface area contributed by atoms with Crippen molar-refractivity contribution in [3.63, 3.8) is 0 Å². The molecule has 0 bridgehead atoms. The third kappa shape index (κ3) is 4.84. The van der Waals surface area contributed by atoms with E-state index in [1.807, 2.05) is 24.3 Å². The quantitative estimate of drug-likeness (QED) is 0.896. The summed E-state index contributed by atoms with van der Waals surface area (Å²) in [7, 11) is 0. The number of benzene rings is 1. The summed E-state index contributed by atoms with van der Waals surface area (Å²) in [5.74, 6) is 0.150. The van der Waals surface area contributed by atoms with Crippen LogP contribution in [0.5, 0.6) is 0 Å². The molecule has 18 heavy (non-hydrogen) atoms. The first kappa shape index (κ1) is 17.2. The van der Waals surface area contributed by atoms with Crippen LogP contribution in [0.15, 0.2) is 24.3 Å². The normalized spacial score (nSPS) is 13.7. The number of nitrogens with one attached hydrogen (secondary N) is 1. The van der Waals surface area contributed by atoms with Gasteiger partial charge in [0.25, 0.3) is 0 Å². The van der Waals surface area contributed by atoms with Crippen molar-refractivity contribution < 1.29 is 4.79 Å². The Morgan fingerprint density at radius 1 is 1.22 bits per heavy atom. The zero-order chi connectivity index (χ0) is 13.0. The van der Waals surface area contributed by atoms with Gasteiger partial charge < -0.3 is 11.1 Å². The third-order valence-corrected chi connectivity index (χ3v) is 2.86. The van der Waals surface area contributed by atoms with E-state index in [4.69, 9.17) is 17.3 Å². The van der Waals surface area contributed by atoms with Crippen LogP contribution >= 0.6 is 24.0 Å². The molecule has 1 amide bonds. The fourth-order valence-corrected chi connectivity index (χ4v) is 1.72. The standard InChI is InChI=1S/C13H19ClN2O.ClH/c1-8(2)12(16-13(17)9(3)15)10-4-6-11(14)7-5-10;/h4-9,12H,15H2,1-3H3,(H,16,17);1H. The van der Waals surface area contributed by atoms with Crippen LogP contribution in [-0.2, 0) is 4.79 Å². The molecule has 0 aliphatic heterocycles. The molecule has 102 valence electrons. The Balaban J connectivity index is 0.00000289. The molecule has 0 radical (unpaired) electrons. The number of hydrogen-bond donors (Lipinski definition) is 2. The lowest BCUT2D eigenvalue weighted by Crippen LogP contribution is -2.41. The average molecular weight is 291 g/mol. The summed E-state index contributed by atoms with van der Waals surface area (Å²) in [5, 5.41) is 3.63. The zero-order valence-corrected chi connectivity index (χ0v) is 12.4. The Hall–Kier alpha value is -0.770. The molecule has 0 heterocycles. The largest absolute Gasteiger partial charge is 0.348 e. The van der Waals surface area contributed by atoms with Gasteiger partial charge in [-0.2, -0.15) is 0 Å². The lowest BCUT2D eigenvalue weighted by Gasteiger charge is -2.24. The number of carbonyl (C=O) groups is 1. The number of halogens is 2. The second-order valence-corrected chi connectivity index (χ2v) is 5.01. The van der Waals surface area contributed by atoms with Crippen molar-refractivity contribution in [1.82, 2.24) is 5.32 Å². The summed E-state index contributed by atoms with van der Waals surface area (Å²) in [5.41, 5.74) is 6.59. The SMILES string of the molecule is CC(N)C(=O)NC(c1ccc(Cl)cc1)C(C)C.Cl. The molecule has 2 unspecified atom stereocenters. The molecule has 0 saturated carbocycles. The molecule has 0 saturated heterocycles. The van der Waals surface area contributed by atoms with Crippen molar-refractivity contribution in [2.24, 2.45) is 11.7 Å². The van der Waals surface area contributed by atoms with Crippen molar-refractivity contribution in [1.29, 1.82) is 0 Å². The van der Waals surface area contributed by atoms with Crippen molar-refractivity contribution in [2.75, 3.05) is 0 Å². The van der Waals surface area contributed by atoms with E-state index in [0.717, 1.165) is 5.56 Å². The van der Waals surface area contributed by atoms with Crippen molar-refractivity contribution in [3.05, 3.63) is 34.9 Å². The third-order valence-electron chi connectivity index (χ3n) is 2.61. The molecular weight excluding hydrogens is 271 g/mol. The molecule has 1 rings (SSSR count). The van der Waals surface area contributed by atoms with E-state index >= 15 is 0 Å². The molecule has 1 aromatic carbocycles. The van der Waals surface area contributed by atoms with Gasteiger partial charge in [0.2, 0.25) is 5.91 Å². The fourth-order valence-electron chi connectivity index (χ4n) is 1.59. The van der Waals surface area contributed by atoms with Crippen LogP contribution in [0.3, 0.4) is 0 Å². The summed E-state index contributed by atoms with van der Waals surface area (Å²) < 4.78 is 0. The molecule has 0 spiro atoms. The van der Waals surface area contributed by atoms with E-state index in [9.17, 15) is 4.79 Å². The molecular formula is C13H20Cl2N2O. The summed E-state index contributed by atoms with van der Waals surface area (Å²) >= 11 is 5.84. The van der Waals surface area contributed by atoms with E-state index in [1.165, 1.54) is 0 Å². The number of hydrogen-bond acceptors (Lipinski definition) is 2. The first-order valence-corrected chi connectivity index (χ1v) is 6.11. The summed E-state index contributed by atoms with van der Waals surface area (Å²) in [6, 6.07) is 6.96. The van der Waals surface area contributed by atoms with Crippen LogP contribution in [0.2, 0.25) is 5.02 Å². The van der Waals surface area contributed by atoms with E-state index in [2.05, 4.69) is 19.2 Å². The Labute approximate surface area is 119 Å². The summed E-state index contributed by atoms with van der Waals surface area (Å²) in [6.45, 7) is 5.79. The number of rotatable bonds is 4. The van der Waals surface area contributed by atoms with Gasteiger partial charge in [-0.1, -0.05) is 37.6 Å². The number of carbonyl (C=O) groups excluding carboxylic acids is 1. The monoisotopic (exact) mass is 290 g/mol. The highest BCUT2D eigenvalue weighted by atomic mass is 35.5. The maximum atomic E-state index is 11.6. The van der Waals surface area contributed by atoms with E-state index in [-0.39, 0.29) is 24.4 Å². The van der Waals surface area contributed by atoms with E-state index in [0.29, 0.717) is 10.9 Å². The van der Waals surface area contributed by atoms with E-state index in [1.54, 1.807) is 6.92 Å². The summed E-state index contributed by atoms with van der Waals surface area (Å²) in [4.78, 5) is 11.6. The molecule has 1 aromatic rings. The first-order valence-electron chi connectivity index (χ1n) is 5.73. The van der Waals surface area contributed by atoms with Gasteiger partial charge in [-0.05, 0) is 30.5 Å². The minimum Gasteiger partial charge on any atom is -0.348 e. The molecule has 3 nitrogen and oxygen atoms in total. The van der Waals surface area contributed by atoms with E-state index < -0.39 is 6.04 Å². The zero-order valence-electron chi connectivity index (χ0n) is 10.8. The van der Waals surface area contributed by atoms with Gasteiger partial charge in [0.05, 0.1) is 12.1 Å². The van der Waals surface area contributed by atoms with Crippen molar-refractivity contribution >= 4 is 29.9 Å². The molecule has 0 aliphatic carbocycles. The lowest BCUT2D eigenvalue weighted by atomic mass is 9.96. The van der Waals surface area contributed by atoms with Crippen molar-refractivity contribution in [3.8, 4) is 0 Å². The van der Waals surface area contributed by atoms with Crippen molar-refractivity contribution in [2.45, 2.75) is 32.9 Å². The number of amides is 1. The van der Waals surface area contributed by atoms with Gasteiger partial charge >= 0.3 is 0 Å². The Bertz CT molecular complexity index is 377. The predicted molar refractivity (Wildman–Crippen MR) is 78.1 cm³/mol. The molecule has 0 fully saturated rings. The average Bonchev–Trinajstić information content (AvgIpc) is 2.26. The summed E-state index contributed by atoms with van der Waals surface area (Å²) in [6.07, 6.45) is 0. The Kier molecular flexibility index (Phi) is 7.29. The van der Waals surface area contributed by atoms with Crippen LogP contribution in [0.25, 0.3) is 0 Å². The van der Waals surface area contributed by atoms with Gasteiger partial charge in [-0.3, -0.25) is 4.79 Å². The second kappa shape index (κ2) is 7.62. The van der Waals surface area contributed by atoms with Gasteiger partial charge in [0.1, 0.15) is 0 Å². The highest BCUT2D eigenvalue weighted by Gasteiger charge is 2.19. The topological polar surface area (TPSA) is 55.1 Å². The first-order chi connectivity index (χ1) is 7.91. The van der Waals surface area contributed by atoms with Crippen LogP contribution in [0.4, 0.5) is 0 Å². The minimum absolute atomic E-state index is 0. The predicted octanol–water partition coefficient (Wildman–Crippen LogP) is 2.92. The highest BCUT2D eigenvalue weighted by molar-refractivity contribution is 6.30.